The Morgan fingerprint density at radius 2 is 1.11 bits per heavy atom. The van der Waals surface area contributed by atoms with Crippen molar-refractivity contribution in [3.05, 3.63) is 223 Å². The van der Waals surface area contributed by atoms with Crippen LogP contribution in [0.2, 0.25) is 0 Å². The van der Waals surface area contributed by atoms with Crippen molar-refractivity contribution in [2.24, 2.45) is 9.98 Å². The Hall–Kier alpha value is -8.34. The number of para-hydroxylation sites is 1. The van der Waals surface area contributed by atoms with Gasteiger partial charge in [-0.25, -0.2) is 4.99 Å². The zero-order valence-electron chi connectivity index (χ0n) is 36.1. The van der Waals surface area contributed by atoms with Gasteiger partial charge in [-0.2, -0.15) is 0 Å². The van der Waals surface area contributed by atoms with E-state index in [-0.39, 0.29) is 6.04 Å². The fourth-order valence-corrected chi connectivity index (χ4v) is 11.2. The highest BCUT2D eigenvalue weighted by Gasteiger charge is 2.28. The van der Waals surface area contributed by atoms with E-state index in [2.05, 4.69) is 211 Å². The number of hydrogen-bond donors (Lipinski definition) is 0. The molecule has 0 saturated heterocycles. The minimum atomic E-state index is -0.144. The fraction of sp³-hybridized carbons (Fsp3) is 0.0645. The summed E-state index contributed by atoms with van der Waals surface area (Å²) >= 11 is 0. The fourth-order valence-electron chi connectivity index (χ4n) is 11.2. The van der Waals surface area contributed by atoms with Crippen LogP contribution in [-0.4, -0.2) is 16.1 Å². The van der Waals surface area contributed by atoms with E-state index in [9.17, 15) is 0 Å². The molecule has 1 atom stereocenters. The maximum absolute atomic E-state index is 6.79. The van der Waals surface area contributed by atoms with Crippen LogP contribution < -0.4 is 0 Å². The summed E-state index contributed by atoms with van der Waals surface area (Å²) in [6, 6.07) is 74.8. The first-order valence-corrected chi connectivity index (χ1v) is 23.1. The predicted octanol–water partition coefficient (Wildman–Crippen LogP) is 16.6. The van der Waals surface area contributed by atoms with E-state index in [1.165, 1.54) is 70.2 Å². The maximum Gasteiger partial charge on any atom is 0.158 e. The van der Waals surface area contributed by atoms with Crippen LogP contribution in [0.4, 0.5) is 0 Å². The van der Waals surface area contributed by atoms with Crippen LogP contribution >= 0.6 is 0 Å². The van der Waals surface area contributed by atoms with E-state index in [1.807, 2.05) is 0 Å². The van der Waals surface area contributed by atoms with Gasteiger partial charge in [0.2, 0.25) is 0 Å². The number of aliphatic imine (C=N–C) groups is 2. The second kappa shape index (κ2) is 14.6. The molecule has 0 saturated carbocycles. The third-order valence-corrected chi connectivity index (χ3v) is 14.2. The van der Waals surface area contributed by atoms with Crippen molar-refractivity contribution in [1.29, 1.82) is 0 Å². The highest BCUT2D eigenvalue weighted by molar-refractivity contribution is 6.28. The van der Waals surface area contributed by atoms with Crippen LogP contribution in [0.1, 0.15) is 42.0 Å². The van der Waals surface area contributed by atoms with Crippen molar-refractivity contribution in [1.82, 2.24) is 4.57 Å². The molecule has 4 nitrogen and oxygen atoms in total. The van der Waals surface area contributed by atoms with E-state index in [1.54, 1.807) is 0 Å². The Kier molecular flexibility index (Phi) is 8.20. The van der Waals surface area contributed by atoms with Crippen LogP contribution in [0.25, 0.3) is 103 Å². The van der Waals surface area contributed by atoms with Gasteiger partial charge in [0.05, 0.1) is 34.0 Å². The summed E-state index contributed by atoms with van der Waals surface area (Å²) in [6.45, 7) is 0. The molecule has 66 heavy (non-hydrogen) atoms. The molecule has 1 unspecified atom stereocenters. The summed E-state index contributed by atoms with van der Waals surface area (Å²) in [5, 5.41) is 16.6. The van der Waals surface area contributed by atoms with Crippen molar-refractivity contribution in [2.45, 2.75) is 25.3 Å². The van der Waals surface area contributed by atoms with E-state index in [0.29, 0.717) is 5.84 Å². The van der Waals surface area contributed by atoms with Gasteiger partial charge in [-0.15, -0.1) is 0 Å². The number of hydrogen-bond acceptors (Lipinski definition) is 3. The van der Waals surface area contributed by atoms with Crippen LogP contribution in [0, 0.1) is 0 Å². The quantitative estimate of drug-likeness (QED) is 0.163. The van der Waals surface area contributed by atoms with Gasteiger partial charge < -0.3 is 8.98 Å². The molecule has 0 radical (unpaired) electrons. The molecular weight excluding hydrogens is 803 g/mol. The van der Waals surface area contributed by atoms with E-state index >= 15 is 0 Å². The SMILES string of the molecule is c1ccc2cc3c(cc2c1)c1ccc2ccccc2c1n3-c1ccc2oc3ccccc3c2c1C1=N/C(c2cccc3ccccc23)CCC/C(c2cc3ccccc3c3ccccc23)=N\1. The second-order valence-electron chi connectivity index (χ2n) is 17.8. The standard InChI is InChI=1S/C62H41N3O/c1-2-18-41-37-56-52(35-40(41)17-1)49-32-31-39-16-4-8-23-45(39)61(49)65(56)55-33-34-58-59(50-26-11-12-30-57(50)66-58)60(55)62-63-53(48-27-13-20-38-15-3-6-21-43(38)48)28-14-29-54(64-62)51-36-42-19-5-7-22-44(42)46-24-9-10-25-47(46)51/h1-13,15-27,30-37,53H,14,28-29H2/b63-62-,64-54+. The lowest BCUT2D eigenvalue weighted by atomic mass is 9.90. The van der Waals surface area contributed by atoms with Gasteiger partial charge >= 0.3 is 0 Å². The molecule has 11 aromatic carbocycles. The number of fused-ring (bicyclic) bond motifs is 13. The lowest BCUT2D eigenvalue weighted by Crippen LogP contribution is -2.15. The Labute approximate surface area is 380 Å². The van der Waals surface area contributed by atoms with E-state index in [4.69, 9.17) is 14.4 Å². The molecule has 0 spiro atoms. The topological polar surface area (TPSA) is 42.8 Å². The van der Waals surface area contributed by atoms with E-state index < -0.39 is 0 Å². The molecule has 13 aromatic rings. The molecule has 2 aromatic heterocycles. The number of aromatic nitrogens is 1. The normalized spacial score (nSPS) is 16.4. The van der Waals surface area contributed by atoms with Crippen molar-refractivity contribution >= 4 is 109 Å². The average molecular weight is 844 g/mol. The molecule has 4 heteroatoms. The van der Waals surface area contributed by atoms with Crippen LogP contribution in [0.15, 0.2) is 221 Å². The van der Waals surface area contributed by atoms with Gasteiger partial charge in [0.15, 0.2) is 5.84 Å². The van der Waals surface area contributed by atoms with Gasteiger partial charge in [0.1, 0.15) is 11.2 Å². The molecule has 0 bridgehead atoms. The first kappa shape index (κ1) is 37.1. The van der Waals surface area contributed by atoms with Crippen molar-refractivity contribution in [3.8, 4) is 5.69 Å². The van der Waals surface area contributed by atoms with E-state index in [0.717, 1.165) is 74.8 Å². The number of nitrogens with zero attached hydrogens (tertiary/aromatic N) is 3. The number of benzene rings is 11. The van der Waals surface area contributed by atoms with Crippen molar-refractivity contribution in [3.63, 3.8) is 0 Å². The third-order valence-electron chi connectivity index (χ3n) is 14.2. The molecule has 0 amide bonds. The predicted molar refractivity (Wildman–Crippen MR) is 278 cm³/mol. The van der Waals surface area contributed by atoms with Gasteiger partial charge in [-0.3, -0.25) is 4.99 Å². The van der Waals surface area contributed by atoms with Gasteiger partial charge in [-0.1, -0.05) is 170 Å². The first-order chi connectivity index (χ1) is 32.7. The molecule has 310 valence electrons. The van der Waals surface area contributed by atoms with Gasteiger partial charge in [0, 0.05) is 32.5 Å². The average Bonchev–Trinajstić information content (AvgIpc) is 3.91. The lowest BCUT2D eigenvalue weighted by Gasteiger charge is -2.23. The summed E-state index contributed by atoms with van der Waals surface area (Å²) < 4.78 is 9.29. The van der Waals surface area contributed by atoms with Crippen LogP contribution in [-0.2, 0) is 0 Å². The number of furan rings is 1. The Bertz CT molecular complexity index is 4220. The minimum absolute atomic E-state index is 0.144. The molecule has 1 aliphatic rings. The second-order valence-corrected chi connectivity index (χ2v) is 17.8. The number of amidine groups is 1. The summed E-state index contributed by atoms with van der Waals surface area (Å²) in [5.74, 6) is 0.711. The monoisotopic (exact) mass is 843 g/mol. The summed E-state index contributed by atoms with van der Waals surface area (Å²) in [7, 11) is 0. The summed E-state index contributed by atoms with van der Waals surface area (Å²) in [4.78, 5) is 12.0. The highest BCUT2D eigenvalue weighted by Crippen LogP contribution is 2.44. The van der Waals surface area contributed by atoms with Crippen LogP contribution in [0.3, 0.4) is 0 Å². The molecular formula is C62H41N3O. The van der Waals surface area contributed by atoms with Crippen LogP contribution in [0.5, 0.6) is 0 Å². The Balaban J connectivity index is 1.16. The number of rotatable bonds is 4. The third kappa shape index (κ3) is 5.64. The molecule has 0 N–H and O–H groups in total. The van der Waals surface area contributed by atoms with Gasteiger partial charge in [-0.05, 0) is 110 Å². The Morgan fingerprint density at radius 3 is 1.94 bits per heavy atom. The molecule has 14 rings (SSSR count). The molecule has 0 aliphatic carbocycles. The smallest absolute Gasteiger partial charge is 0.158 e. The highest BCUT2D eigenvalue weighted by atomic mass is 16.3. The van der Waals surface area contributed by atoms with Crippen molar-refractivity contribution < 1.29 is 4.42 Å². The molecule has 0 fully saturated rings. The lowest BCUT2D eigenvalue weighted by molar-refractivity contribution is 0.626. The zero-order chi connectivity index (χ0) is 43.3. The molecule has 1 aliphatic heterocycles. The largest absolute Gasteiger partial charge is 0.456 e. The van der Waals surface area contributed by atoms with Crippen molar-refractivity contribution in [2.75, 3.05) is 0 Å². The summed E-state index contributed by atoms with van der Waals surface area (Å²) in [6.07, 6.45) is 2.60. The summed E-state index contributed by atoms with van der Waals surface area (Å²) in [5.41, 5.74) is 9.35. The molecule has 3 heterocycles. The Morgan fingerprint density at radius 1 is 0.455 bits per heavy atom. The maximum atomic E-state index is 6.79. The zero-order valence-corrected chi connectivity index (χ0v) is 36.1. The van der Waals surface area contributed by atoms with Gasteiger partial charge in [0.25, 0.3) is 0 Å². The minimum Gasteiger partial charge on any atom is -0.456 e. The first-order valence-electron chi connectivity index (χ1n) is 23.1.